The number of methoxy groups -OCH3 is 2. The number of nitrogens with zero attached hydrogens (tertiary/aromatic N) is 1. The van der Waals surface area contributed by atoms with E-state index in [9.17, 15) is 9.59 Å². The fourth-order valence-electron chi connectivity index (χ4n) is 3.00. The van der Waals surface area contributed by atoms with Gasteiger partial charge in [0.1, 0.15) is 0 Å². The van der Waals surface area contributed by atoms with E-state index < -0.39 is 11.9 Å². The molecule has 150 valence electrons. The van der Waals surface area contributed by atoms with Gasteiger partial charge in [0, 0.05) is 48.2 Å². The van der Waals surface area contributed by atoms with Gasteiger partial charge in [0.05, 0.1) is 14.2 Å². The maximum Gasteiger partial charge on any atom is 0.328 e. The Morgan fingerprint density at radius 3 is 2.29 bits per heavy atom. The number of carboxylic acids is 2. The first-order valence-electron chi connectivity index (χ1n) is 8.66. The topological polar surface area (TPSA) is 110 Å². The summed E-state index contributed by atoms with van der Waals surface area (Å²) in [7, 11) is 3.32. The predicted molar refractivity (Wildman–Crippen MR) is 104 cm³/mol. The van der Waals surface area contributed by atoms with E-state index in [1.54, 1.807) is 14.2 Å². The van der Waals surface area contributed by atoms with Crippen LogP contribution in [0.5, 0.6) is 11.5 Å². The summed E-state index contributed by atoms with van der Waals surface area (Å²) in [6, 6.07) is 10.9. The zero-order chi connectivity index (χ0) is 20.7. The van der Waals surface area contributed by atoms with Crippen LogP contribution in [0.3, 0.4) is 0 Å². The van der Waals surface area contributed by atoms with Crippen molar-refractivity contribution < 1.29 is 29.3 Å². The summed E-state index contributed by atoms with van der Waals surface area (Å²) in [5.74, 6) is -0.987. The molecule has 0 saturated heterocycles. The molecule has 0 spiro atoms. The van der Waals surface area contributed by atoms with Gasteiger partial charge in [0.2, 0.25) is 0 Å². The van der Waals surface area contributed by atoms with E-state index in [1.165, 1.54) is 11.4 Å². The van der Waals surface area contributed by atoms with Crippen molar-refractivity contribution in [3.63, 3.8) is 0 Å². The molecular formula is C20H24N2O6. The highest BCUT2D eigenvalue weighted by molar-refractivity contribution is 5.89. The summed E-state index contributed by atoms with van der Waals surface area (Å²) in [6.45, 7) is 4.20. The summed E-state index contributed by atoms with van der Waals surface area (Å²) < 4.78 is 13.1. The van der Waals surface area contributed by atoms with Gasteiger partial charge < -0.3 is 29.6 Å². The summed E-state index contributed by atoms with van der Waals surface area (Å²) in [5.41, 5.74) is 3.72. The van der Waals surface area contributed by atoms with Crippen molar-refractivity contribution in [2.45, 2.75) is 19.5 Å². The second-order valence-corrected chi connectivity index (χ2v) is 6.05. The third-order valence-electron chi connectivity index (χ3n) is 4.29. The number of aliphatic carboxylic acids is 2. The summed E-state index contributed by atoms with van der Waals surface area (Å²) in [6.07, 6.45) is 1.12. The molecule has 1 aliphatic heterocycles. The van der Waals surface area contributed by atoms with Crippen LogP contribution in [0.15, 0.2) is 42.5 Å². The molecule has 0 amide bonds. The van der Waals surface area contributed by atoms with Crippen LogP contribution in [-0.4, -0.2) is 47.5 Å². The van der Waals surface area contributed by atoms with Crippen molar-refractivity contribution in [3.05, 3.63) is 48.2 Å². The molecule has 0 saturated carbocycles. The Kier molecular flexibility index (Phi) is 7.22. The van der Waals surface area contributed by atoms with E-state index in [4.69, 9.17) is 19.7 Å². The second kappa shape index (κ2) is 9.61. The van der Waals surface area contributed by atoms with Crippen LogP contribution in [0.2, 0.25) is 0 Å². The lowest BCUT2D eigenvalue weighted by molar-refractivity contribution is -0.134. The molecule has 8 heteroatoms. The van der Waals surface area contributed by atoms with Gasteiger partial charge in [-0.1, -0.05) is 0 Å². The van der Waals surface area contributed by atoms with Gasteiger partial charge in [0.25, 0.3) is 0 Å². The number of benzene rings is 1. The van der Waals surface area contributed by atoms with Gasteiger partial charge in [-0.3, -0.25) is 0 Å². The number of nitrogens with one attached hydrogen (secondary N) is 1. The SMILES string of the molecule is COc1ccc(-c2ccc3n2CCNC3C)cc1OC.O=C(O)/C=C/C(=O)O. The standard InChI is InChI=1S/C16H20N2O2.C4H4O4/c1-11-13-5-6-14(18(13)9-8-17-11)12-4-7-15(19-2)16(10-12)20-3;5-3(6)1-2-4(7)8/h4-7,10-11,17H,8-9H2,1-3H3;1-2H,(H,5,6)(H,7,8)/b;2-1+. The highest BCUT2D eigenvalue weighted by Crippen LogP contribution is 2.34. The van der Waals surface area contributed by atoms with Crippen LogP contribution in [-0.2, 0) is 16.1 Å². The van der Waals surface area contributed by atoms with Gasteiger partial charge in [-0.2, -0.15) is 0 Å². The van der Waals surface area contributed by atoms with Crippen LogP contribution < -0.4 is 14.8 Å². The van der Waals surface area contributed by atoms with Gasteiger partial charge in [-0.05, 0) is 37.3 Å². The first kappa shape index (κ1) is 21.0. The molecule has 0 fully saturated rings. The highest BCUT2D eigenvalue weighted by atomic mass is 16.5. The predicted octanol–water partition coefficient (Wildman–Crippen LogP) is 2.55. The average molecular weight is 388 g/mol. The molecule has 1 atom stereocenters. The first-order chi connectivity index (χ1) is 13.4. The molecule has 2 aromatic rings. The van der Waals surface area contributed by atoms with Crippen LogP contribution in [0.4, 0.5) is 0 Å². The monoisotopic (exact) mass is 388 g/mol. The largest absolute Gasteiger partial charge is 0.493 e. The second-order valence-electron chi connectivity index (χ2n) is 6.05. The summed E-state index contributed by atoms with van der Waals surface area (Å²) in [4.78, 5) is 19.1. The van der Waals surface area contributed by atoms with E-state index in [0.29, 0.717) is 18.2 Å². The van der Waals surface area contributed by atoms with Gasteiger partial charge in [-0.15, -0.1) is 0 Å². The van der Waals surface area contributed by atoms with Crippen molar-refractivity contribution >= 4 is 11.9 Å². The van der Waals surface area contributed by atoms with E-state index in [2.05, 4.69) is 35.0 Å². The molecule has 3 N–H and O–H groups in total. The molecular weight excluding hydrogens is 364 g/mol. The highest BCUT2D eigenvalue weighted by Gasteiger charge is 2.19. The van der Waals surface area contributed by atoms with Crippen LogP contribution in [0.1, 0.15) is 18.7 Å². The van der Waals surface area contributed by atoms with E-state index >= 15 is 0 Å². The number of ether oxygens (including phenoxy) is 2. The van der Waals surface area contributed by atoms with Crippen molar-refractivity contribution in [2.24, 2.45) is 0 Å². The third kappa shape index (κ3) is 5.14. The quantitative estimate of drug-likeness (QED) is 0.675. The lowest BCUT2D eigenvalue weighted by atomic mass is 10.1. The minimum absolute atomic E-state index is 0.401. The van der Waals surface area contributed by atoms with Gasteiger partial charge in [-0.25, -0.2) is 9.59 Å². The zero-order valence-corrected chi connectivity index (χ0v) is 16.0. The smallest absolute Gasteiger partial charge is 0.328 e. The number of fused-ring (bicyclic) bond motifs is 1. The third-order valence-corrected chi connectivity index (χ3v) is 4.29. The maximum atomic E-state index is 9.55. The van der Waals surface area contributed by atoms with Crippen LogP contribution >= 0.6 is 0 Å². The molecule has 1 aliphatic rings. The Morgan fingerprint density at radius 2 is 1.71 bits per heavy atom. The van der Waals surface area contributed by atoms with Crippen molar-refractivity contribution in [2.75, 3.05) is 20.8 Å². The summed E-state index contributed by atoms with van der Waals surface area (Å²) >= 11 is 0. The molecule has 8 nitrogen and oxygen atoms in total. The molecule has 1 aromatic carbocycles. The van der Waals surface area contributed by atoms with Crippen molar-refractivity contribution in [1.29, 1.82) is 0 Å². The van der Waals surface area contributed by atoms with Gasteiger partial charge >= 0.3 is 11.9 Å². The minimum atomic E-state index is -1.26. The lowest BCUT2D eigenvalue weighted by Gasteiger charge is -2.25. The molecule has 0 aliphatic carbocycles. The zero-order valence-electron chi connectivity index (χ0n) is 16.0. The number of hydrogen-bond donors (Lipinski definition) is 3. The Bertz CT molecular complexity index is 856. The maximum absolute atomic E-state index is 9.55. The molecule has 3 rings (SSSR count). The molecule has 1 aromatic heterocycles. The van der Waals surface area contributed by atoms with E-state index in [0.717, 1.165) is 30.2 Å². The molecule has 28 heavy (non-hydrogen) atoms. The normalized spacial score (nSPS) is 15.3. The first-order valence-corrected chi connectivity index (χ1v) is 8.66. The van der Waals surface area contributed by atoms with E-state index in [-0.39, 0.29) is 0 Å². The Labute approximate surface area is 163 Å². The average Bonchev–Trinajstić information content (AvgIpc) is 3.12. The fourth-order valence-corrected chi connectivity index (χ4v) is 3.00. The van der Waals surface area contributed by atoms with Crippen molar-refractivity contribution in [1.82, 2.24) is 9.88 Å². The number of carboxylic acid groups (broad SMARTS) is 2. The van der Waals surface area contributed by atoms with Crippen molar-refractivity contribution in [3.8, 4) is 22.8 Å². The van der Waals surface area contributed by atoms with E-state index in [1.807, 2.05) is 12.1 Å². The van der Waals surface area contributed by atoms with Crippen LogP contribution in [0, 0.1) is 0 Å². The van der Waals surface area contributed by atoms with Crippen LogP contribution in [0.25, 0.3) is 11.3 Å². The molecule has 0 radical (unpaired) electrons. The fraction of sp³-hybridized carbons (Fsp3) is 0.300. The number of carbonyl (C=O) groups is 2. The minimum Gasteiger partial charge on any atom is -0.493 e. The molecule has 2 heterocycles. The molecule has 0 bridgehead atoms. The summed E-state index contributed by atoms with van der Waals surface area (Å²) in [5, 5.41) is 19.1. The van der Waals surface area contributed by atoms with Gasteiger partial charge in [0.15, 0.2) is 11.5 Å². The number of hydrogen-bond acceptors (Lipinski definition) is 5. The lowest BCUT2D eigenvalue weighted by Crippen LogP contribution is -2.31. The number of rotatable bonds is 5. The molecule has 1 unspecified atom stereocenters. The Morgan fingerprint density at radius 1 is 1.07 bits per heavy atom. The number of aromatic nitrogens is 1. The Hall–Kier alpha value is -3.26. The Balaban J connectivity index is 0.000000300.